The molecule has 0 saturated heterocycles. The first-order valence-corrected chi connectivity index (χ1v) is 6.44. The number of amides is 1. The van der Waals surface area contributed by atoms with Gasteiger partial charge in [0.25, 0.3) is 5.91 Å². The molecule has 0 fully saturated rings. The van der Waals surface area contributed by atoms with Gasteiger partial charge in [0.15, 0.2) is 11.5 Å². The van der Waals surface area contributed by atoms with E-state index >= 15 is 0 Å². The number of nitrogen functional groups attached to an aromatic ring is 1. The second-order valence-electron chi connectivity index (χ2n) is 4.62. The molecule has 0 aromatic heterocycles. The molecule has 0 aliphatic heterocycles. The molecule has 0 aliphatic rings. The van der Waals surface area contributed by atoms with E-state index in [2.05, 4.69) is 5.32 Å². The summed E-state index contributed by atoms with van der Waals surface area (Å²) in [4.78, 5) is 12.2. The molecule has 0 saturated carbocycles. The van der Waals surface area contributed by atoms with Gasteiger partial charge < -0.3 is 20.5 Å². The monoisotopic (exact) mass is 286 g/mol. The summed E-state index contributed by atoms with van der Waals surface area (Å²) in [5, 5.41) is 2.78. The van der Waals surface area contributed by atoms with E-state index in [4.69, 9.17) is 15.2 Å². The van der Waals surface area contributed by atoms with E-state index in [1.165, 1.54) is 14.2 Å². The van der Waals surface area contributed by atoms with Crippen molar-refractivity contribution in [3.05, 3.63) is 47.5 Å². The van der Waals surface area contributed by atoms with Crippen molar-refractivity contribution in [1.82, 2.24) is 0 Å². The van der Waals surface area contributed by atoms with Crippen LogP contribution in [0.1, 0.15) is 15.9 Å². The maximum absolute atomic E-state index is 12.2. The van der Waals surface area contributed by atoms with Crippen LogP contribution in [0, 0.1) is 6.92 Å². The van der Waals surface area contributed by atoms with Gasteiger partial charge in [0.2, 0.25) is 0 Å². The number of carbonyl (C=O) groups is 1. The Balaban J connectivity index is 2.29. The molecule has 2 rings (SSSR count). The van der Waals surface area contributed by atoms with Crippen LogP contribution in [0.15, 0.2) is 36.4 Å². The highest BCUT2D eigenvalue weighted by Crippen LogP contribution is 2.34. The van der Waals surface area contributed by atoms with Gasteiger partial charge in [-0.3, -0.25) is 4.79 Å². The standard InChI is InChI=1S/C16H18N2O3/c1-10-5-4-6-11(7-10)16(19)18-13-9-15(21-3)14(20-2)8-12(13)17/h4-9H,17H2,1-3H3,(H,18,19). The minimum atomic E-state index is -0.224. The molecule has 110 valence electrons. The third-order valence-corrected chi connectivity index (χ3v) is 3.08. The number of hydrogen-bond acceptors (Lipinski definition) is 4. The number of aryl methyl sites for hydroxylation is 1. The first kappa shape index (κ1) is 14.7. The van der Waals surface area contributed by atoms with Crippen LogP contribution >= 0.6 is 0 Å². The number of benzene rings is 2. The van der Waals surface area contributed by atoms with Gasteiger partial charge in [-0.25, -0.2) is 0 Å². The van der Waals surface area contributed by atoms with Crippen LogP contribution in [0.5, 0.6) is 11.5 Å². The topological polar surface area (TPSA) is 73.6 Å². The molecule has 0 unspecified atom stereocenters. The molecule has 5 heteroatoms. The van der Waals surface area contributed by atoms with Crippen molar-refractivity contribution in [2.75, 3.05) is 25.3 Å². The second kappa shape index (κ2) is 6.17. The highest BCUT2D eigenvalue weighted by Gasteiger charge is 2.12. The van der Waals surface area contributed by atoms with E-state index in [1.807, 2.05) is 25.1 Å². The Bertz CT molecular complexity index is 669. The number of rotatable bonds is 4. The number of carbonyl (C=O) groups excluding carboxylic acids is 1. The van der Waals surface area contributed by atoms with E-state index in [1.54, 1.807) is 18.2 Å². The predicted octanol–water partition coefficient (Wildman–Crippen LogP) is 2.85. The summed E-state index contributed by atoms with van der Waals surface area (Å²) in [5.74, 6) is 0.799. The smallest absolute Gasteiger partial charge is 0.255 e. The Kier molecular flexibility index (Phi) is 4.33. The van der Waals surface area contributed by atoms with Gasteiger partial charge in [-0.05, 0) is 19.1 Å². The number of nitrogens with two attached hydrogens (primary N) is 1. The zero-order valence-electron chi connectivity index (χ0n) is 12.3. The lowest BCUT2D eigenvalue weighted by atomic mass is 10.1. The summed E-state index contributed by atoms with van der Waals surface area (Å²) in [6.45, 7) is 1.93. The maximum atomic E-state index is 12.2. The second-order valence-corrected chi connectivity index (χ2v) is 4.62. The van der Waals surface area contributed by atoms with Crippen LogP contribution in [0.4, 0.5) is 11.4 Å². The van der Waals surface area contributed by atoms with E-state index in [-0.39, 0.29) is 5.91 Å². The van der Waals surface area contributed by atoms with Gasteiger partial charge in [-0.2, -0.15) is 0 Å². The lowest BCUT2D eigenvalue weighted by Crippen LogP contribution is -2.13. The van der Waals surface area contributed by atoms with Gasteiger partial charge in [0, 0.05) is 17.7 Å². The van der Waals surface area contributed by atoms with Crippen LogP contribution in [-0.2, 0) is 0 Å². The van der Waals surface area contributed by atoms with Crippen molar-refractivity contribution >= 4 is 17.3 Å². The zero-order chi connectivity index (χ0) is 15.4. The summed E-state index contributed by atoms with van der Waals surface area (Å²) in [6.07, 6.45) is 0. The van der Waals surface area contributed by atoms with Crippen LogP contribution in [0.25, 0.3) is 0 Å². The summed E-state index contributed by atoms with van der Waals surface area (Å²) < 4.78 is 10.4. The highest BCUT2D eigenvalue weighted by molar-refractivity contribution is 6.06. The molecular formula is C16H18N2O3. The molecule has 0 heterocycles. The molecule has 1 amide bonds. The fourth-order valence-electron chi connectivity index (χ4n) is 1.98. The Morgan fingerprint density at radius 2 is 1.76 bits per heavy atom. The van der Waals surface area contributed by atoms with Crippen molar-refractivity contribution < 1.29 is 14.3 Å². The quantitative estimate of drug-likeness (QED) is 0.848. The Labute approximate surface area is 123 Å². The molecule has 0 aliphatic carbocycles. The number of methoxy groups -OCH3 is 2. The van der Waals surface area contributed by atoms with Gasteiger partial charge >= 0.3 is 0 Å². The lowest BCUT2D eigenvalue weighted by molar-refractivity contribution is 0.102. The normalized spacial score (nSPS) is 10.0. The molecular weight excluding hydrogens is 268 g/mol. The zero-order valence-corrected chi connectivity index (χ0v) is 12.3. The summed E-state index contributed by atoms with van der Waals surface area (Å²) in [5.41, 5.74) is 8.41. The van der Waals surface area contributed by atoms with Crippen molar-refractivity contribution in [2.45, 2.75) is 6.92 Å². The summed E-state index contributed by atoms with van der Waals surface area (Å²) >= 11 is 0. The van der Waals surface area contributed by atoms with Gasteiger partial charge in [0.1, 0.15) is 0 Å². The fraction of sp³-hybridized carbons (Fsp3) is 0.188. The van der Waals surface area contributed by atoms with Crippen molar-refractivity contribution in [3.8, 4) is 11.5 Å². The van der Waals surface area contributed by atoms with Gasteiger partial charge in [-0.1, -0.05) is 17.7 Å². The van der Waals surface area contributed by atoms with E-state index in [9.17, 15) is 4.79 Å². The number of anilines is 2. The Hall–Kier alpha value is -2.69. The highest BCUT2D eigenvalue weighted by atomic mass is 16.5. The number of nitrogens with one attached hydrogen (secondary N) is 1. The van der Waals surface area contributed by atoms with Crippen LogP contribution in [-0.4, -0.2) is 20.1 Å². The molecule has 0 spiro atoms. The number of ether oxygens (including phenoxy) is 2. The molecule has 2 aromatic carbocycles. The summed E-state index contributed by atoms with van der Waals surface area (Å²) in [6, 6.07) is 10.6. The first-order valence-electron chi connectivity index (χ1n) is 6.44. The van der Waals surface area contributed by atoms with Crippen LogP contribution < -0.4 is 20.5 Å². The molecule has 2 aromatic rings. The molecule has 0 bridgehead atoms. The minimum Gasteiger partial charge on any atom is -0.493 e. The lowest BCUT2D eigenvalue weighted by Gasteiger charge is -2.13. The largest absolute Gasteiger partial charge is 0.493 e. The minimum absolute atomic E-state index is 0.224. The molecule has 0 atom stereocenters. The van der Waals surface area contributed by atoms with E-state index in [0.717, 1.165) is 5.56 Å². The third kappa shape index (κ3) is 3.25. The summed E-state index contributed by atoms with van der Waals surface area (Å²) in [7, 11) is 3.06. The molecule has 0 radical (unpaired) electrons. The maximum Gasteiger partial charge on any atom is 0.255 e. The number of hydrogen-bond donors (Lipinski definition) is 2. The molecule has 5 nitrogen and oxygen atoms in total. The van der Waals surface area contributed by atoms with E-state index in [0.29, 0.717) is 28.4 Å². The predicted molar refractivity (Wildman–Crippen MR) is 83.1 cm³/mol. The average Bonchev–Trinajstić information content (AvgIpc) is 2.48. The molecule has 21 heavy (non-hydrogen) atoms. The third-order valence-electron chi connectivity index (χ3n) is 3.08. The van der Waals surface area contributed by atoms with Crippen LogP contribution in [0.2, 0.25) is 0 Å². The van der Waals surface area contributed by atoms with Crippen molar-refractivity contribution in [3.63, 3.8) is 0 Å². The fourth-order valence-corrected chi connectivity index (χ4v) is 1.98. The molecule has 3 N–H and O–H groups in total. The average molecular weight is 286 g/mol. The Morgan fingerprint density at radius 1 is 1.10 bits per heavy atom. The van der Waals surface area contributed by atoms with Gasteiger partial charge in [0.05, 0.1) is 25.6 Å². The SMILES string of the molecule is COc1cc(N)c(NC(=O)c2cccc(C)c2)cc1OC. The van der Waals surface area contributed by atoms with E-state index < -0.39 is 0 Å². The Morgan fingerprint density at radius 3 is 2.38 bits per heavy atom. The van der Waals surface area contributed by atoms with Crippen LogP contribution in [0.3, 0.4) is 0 Å². The van der Waals surface area contributed by atoms with Crippen molar-refractivity contribution in [1.29, 1.82) is 0 Å². The first-order chi connectivity index (χ1) is 10.0. The van der Waals surface area contributed by atoms with Gasteiger partial charge in [-0.15, -0.1) is 0 Å². The van der Waals surface area contributed by atoms with Crippen molar-refractivity contribution in [2.24, 2.45) is 0 Å².